The van der Waals surface area contributed by atoms with E-state index in [0.717, 1.165) is 11.6 Å². The molecule has 1 unspecified atom stereocenters. The van der Waals surface area contributed by atoms with Crippen molar-refractivity contribution >= 4 is 17.5 Å². The number of carbonyl (C=O) groups is 1. The zero-order chi connectivity index (χ0) is 15.1. The minimum absolute atomic E-state index is 0.112. The third kappa shape index (κ3) is 5.93. The largest absolute Gasteiger partial charge is 0.355 e. The molecule has 0 saturated heterocycles. The highest BCUT2D eigenvalue weighted by Gasteiger charge is 2.19. The highest BCUT2D eigenvalue weighted by atomic mass is 35.5. The molecule has 1 rings (SSSR count). The molecule has 1 N–H and O–H groups in total. The highest BCUT2D eigenvalue weighted by molar-refractivity contribution is 6.30. The van der Waals surface area contributed by atoms with Crippen LogP contribution in [0.5, 0.6) is 0 Å². The lowest BCUT2D eigenvalue weighted by molar-refractivity contribution is -0.121. The van der Waals surface area contributed by atoms with Crippen LogP contribution >= 0.6 is 11.6 Å². The Bertz CT molecular complexity index is 415. The van der Waals surface area contributed by atoms with Crippen LogP contribution in [-0.2, 0) is 4.79 Å². The lowest BCUT2D eigenvalue weighted by Crippen LogP contribution is -2.32. The van der Waals surface area contributed by atoms with Crippen molar-refractivity contribution < 1.29 is 4.79 Å². The second-order valence-electron chi connectivity index (χ2n) is 5.76. The molecule has 3 nitrogen and oxygen atoms in total. The molecule has 0 aliphatic carbocycles. The number of benzene rings is 1. The van der Waals surface area contributed by atoms with E-state index in [4.69, 9.17) is 11.6 Å². The third-order valence-electron chi connectivity index (χ3n) is 3.39. The molecule has 20 heavy (non-hydrogen) atoms. The van der Waals surface area contributed by atoms with E-state index < -0.39 is 0 Å². The van der Waals surface area contributed by atoms with Crippen LogP contribution in [0.3, 0.4) is 0 Å². The number of nitrogens with one attached hydrogen (secondary N) is 1. The molecule has 1 aromatic rings. The van der Waals surface area contributed by atoms with Gasteiger partial charge in [-0.15, -0.1) is 0 Å². The van der Waals surface area contributed by atoms with Crippen LogP contribution in [0.2, 0.25) is 5.02 Å². The summed E-state index contributed by atoms with van der Waals surface area (Å²) in [7, 11) is 3.99. The zero-order valence-corrected chi connectivity index (χ0v) is 13.6. The fourth-order valence-electron chi connectivity index (χ4n) is 2.14. The molecule has 0 spiro atoms. The molecule has 0 aliphatic rings. The maximum Gasteiger partial charge on any atom is 0.220 e. The average molecular weight is 297 g/mol. The Kier molecular flexibility index (Phi) is 7.03. The Labute approximate surface area is 127 Å². The first-order chi connectivity index (χ1) is 9.40. The molecule has 0 bridgehead atoms. The van der Waals surface area contributed by atoms with Gasteiger partial charge in [-0.3, -0.25) is 4.79 Å². The van der Waals surface area contributed by atoms with Gasteiger partial charge in [0.05, 0.1) is 0 Å². The molecule has 1 atom stereocenters. The van der Waals surface area contributed by atoms with Crippen molar-refractivity contribution in [3.63, 3.8) is 0 Å². The first-order valence-electron chi connectivity index (χ1n) is 7.07. The molecule has 4 heteroatoms. The Morgan fingerprint density at radius 3 is 2.35 bits per heavy atom. The van der Waals surface area contributed by atoms with Gasteiger partial charge in [0, 0.05) is 24.5 Å². The number of rotatable bonds is 7. The standard InChI is InChI=1S/C16H25ClN2O/c1-12(2)15(13-5-7-14(17)8-6-13)11-16(20)18-9-10-19(3)4/h5-8,12,15H,9-11H2,1-4H3,(H,18,20). The van der Waals surface area contributed by atoms with Gasteiger partial charge in [0.1, 0.15) is 0 Å². The van der Waals surface area contributed by atoms with Crippen LogP contribution in [0.25, 0.3) is 0 Å². The second-order valence-corrected chi connectivity index (χ2v) is 6.20. The van der Waals surface area contributed by atoms with Crippen molar-refractivity contribution in [1.82, 2.24) is 10.2 Å². The fourth-order valence-corrected chi connectivity index (χ4v) is 2.27. The maximum atomic E-state index is 12.0. The molecular formula is C16H25ClN2O. The van der Waals surface area contributed by atoms with Crippen molar-refractivity contribution in [2.75, 3.05) is 27.2 Å². The topological polar surface area (TPSA) is 32.3 Å². The molecule has 0 aromatic heterocycles. The summed E-state index contributed by atoms with van der Waals surface area (Å²) in [6.45, 7) is 5.84. The summed E-state index contributed by atoms with van der Waals surface area (Å²) in [5, 5.41) is 3.70. The highest BCUT2D eigenvalue weighted by Crippen LogP contribution is 2.28. The van der Waals surface area contributed by atoms with Crippen molar-refractivity contribution in [2.24, 2.45) is 5.92 Å². The lowest BCUT2D eigenvalue weighted by Gasteiger charge is -2.21. The summed E-state index contributed by atoms with van der Waals surface area (Å²) >= 11 is 5.92. The van der Waals surface area contributed by atoms with Gasteiger partial charge in [0.2, 0.25) is 5.91 Å². The van der Waals surface area contributed by atoms with Crippen LogP contribution in [0.15, 0.2) is 24.3 Å². The minimum atomic E-state index is 0.112. The first kappa shape index (κ1) is 17.0. The monoisotopic (exact) mass is 296 g/mol. The quantitative estimate of drug-likeness (QED) is 0.838. The van der Waals surface area contributed by atoms with Crippen LogP contribution in [0.1, 0.15) is 31.7 Å². The van der Waals surface area contributed by atoms with Crippen LogP contribution in [0.4, 0.5) is 0 Å². The SMILES string of the molecule is CC(C)C(CC(=O)NCCN(C)C)c1ccc(Cl)cc1. The van der Waals surface area contributed by atoms with E-state index >= 15 is 0 Å². The molecule has 0 aliphatic heterocycles. The van der Waals surface area contributed by atoms with Gasteiger partial charge < -0.3 is 10.2 Å². The van der Waals surface area contributed by atoms with Gasteiger partial charge in [0.25, 0.3) is 0 Å². The molecule has 0 heterocycles. The number of hydrogen-bond donors (Lipinski definition) is 1. The predicted octanol–water partition coefficient (Wildman–Crippen LogP) is 3.15. The normalized spacial score (nSPS) is 12.8. The molecular weight excluding hydrogens is 272 g/mol. The molecule has 0 saturated carbocycles. The van der Waals surface area contributed by atoms with E-state index in [2.05, 4.69) is 24.1 Å². The van der Waals surface area contributed by atoms with Crippen LogP contribution < -0.4 is 5.32 Å². The zero-order valence-electron chi connectivity index (χ0n) is 12.8. The van der Waals surface area contributed by atoms with Gasteiger partial charge in [0.15, 0.2) is 0 Å². The summed E-state index contributed by atoms with van der Waals surface area (Å²) in [6, 6.07) is 7.80. The summed E-state index contributed by atoms with van der Waals surface area (Å²) in [4.78, 5) is 14.1. The lowest BCUT2D eigenvalue weighted by atomic mass is 9.85. The van der Waals surface area contributed by atoms with Gasteiger partial charge in [-0.05, 0) is 43.6 Å². The maximum absolute atomic E-state index is 12.0. The Balaban J connectivity index is 2.59. The number of halogens is 1. The van der Waals surface area contributed by atoms with E-state index in [1.165, 1.54) is 5.56 Å². The molecule has 1 amide bonds. The molecule has 1 aromatic carbocycles. The van der Waals surface area contributed by atoms with E-state index in [9.17, 15) is 4.79 Å². The summed E-state index contributed by atoms with van der Waals surface area (Å²) < 4.78 is 0. The van der Waals surface area contributed by atoms with E-state index in [1.807, 2.05) is 38.4 Å². The first-order valence-corrected chi connectivity index (χ1v) is 7.45. The van der Waals surface area contributed by atoms with Crippen molar-refractivity contribution in [1.29, 1.82) is 0 Å². The van der Waals surface area contributed by atoms with Crippen LogP contribution in [0, 0.1) is 5.92 Å². The number of likely N-dealkylation sites (N-methyl/N-ethyl adjacent to an activating group) is 1. The Morgan fingerprint density at radius 2 is 1.85 bits per heavy atom. The van der Waals surface area contributed by atoms with E-state index in [-0.39, 0.29) is 11.8 Å². The third-order valence-corrected chi connectivity index (χ3v) is 3.64. The van der Waals surface area contributed by atoms with Gasteiger partial charge in [-0.2, -0.15) is 0 Å². The number of amides is 1. The molecule has 112 valence electrons. The summed E-state index contributed by atoms with van der Waals surface area (Å²) in [5.41, 5.74) is 1.17. The van der Waals surface area contributed by atoms with Crippen molar-refractivity contribution in [2.45, 2.75) is 26.2 Å². The number of carbonyl (C=O) groups excluding carboxylic acids is 1. The van der Waals surface area contributed by atoms with Gasteiger partial charge in [-0.25, -0.2) is 0 Å². The predicted molar refractivity (Wildman–Crippen MR) is 85.2 cm³/mol. The number of hydrogen-bond acceptors (Lipinski definition) is 2. The average Bonchev–Trinajstić information content (AvgIpc) is 2.36. The van der Waals surface area contributed by atoms with E-state index in [0.29, 0.717) is 18.9 Å². The smallest absolute Gasteiger partial charge is 0.220 e. The fraction of sp³-hybridized carbons (Fsp3) is 0.562. The van der Waals surface area contributed by atoms with Crippen molar-refractivity contribution in [3.8, 4) is 0 Å². The molecule has 0 radical (unpaired) electrons. The van der Waals surface area contributed by atoms with Crippen molar-refractivity contribution in [3.05, 3.63) is 34.9 Å². The molecule has 0 fully saturated rings. The number of nitrogens with zero attached hydrogens (tertiary/aromatic N) is 1. The Hall–Kier alpha value is -1.06. The van der Waals surface area contributed by atoms with Crippen LogP contribution in [-0.4, -0.2) is 38.0 Å². The minimum Gasteiger partial charge on any atom is -0.355 e. The van der Waals surface area contributed by atoms with Gasteiger partial charge >= 0.3 is 0 Å². The Morgan fingerprint density at radius 1 is 1.25 bits per heavy atom. The summed E-state index contributed by atoms with van der Waals surface area (Å²) in [6.07, 6.45) is 0.521. The second kappa shape index (κ2) is 8.28. The van der Waals surface area contributed by atoms with E-state index in [1.54, 1.807) is 0 Å². The van der Waals surface area contributed by atoms with Gasteiger partial charge in [-0.1, -0.05) is 37.6 Å². The summed E-state index contributed by atoms with van der Waals surface area (Å²) in [5.74, 6) is 0.753.